The van der Waals surface area contributed by atoms with E-state index >= 15 is 0 Å². The lowest BCUT2D eigenvalue weighted by molar-refractivity contribution is -0.121. The molecule has 0 saturated carbocycles. The number of rotatable bonds is 8. The third-order valence-electron chi connectivity index (χ3n) is 4.32. The Labute approximate surface area is 164 Å². The third-order valence-corrected chi connectivity index (χ3v) is 4.32. The summed E-state index contributed by atoms with van der Waals surface area (Å²) in [5.41, 5.74) is 2.91. The van der Waals surface area contributed by atoms with Gasteiger partial charge in [-0.15, -0.1) is 6.42 Å². The number of hydrogen-bond donors (Lipinski definition) is 1. The van der Waals surface area contributed by atoms with Crippen LogP contribution in [0, 0.1) is 12.3 Å². The van der Waals surface area contributed by atoms with Crippen LogP contribution in [0.4, 0.5) is 0 Å². The number of fused-ring (bicyclic) bond motifs is 1. The van der Waals surface area contributed by atoms with Gasteiger partial charge < -0.3 is 14.8 Å². The number of amides is 1. The van der Waals surface area contributed by atoms with Gasteiger partial charge in [0.1, 0.15) is 6.61 Å². The Morgan fingerprint density at radius 2 is 2.00 bits per heavy atom. The van der Waals surface area contributed by atoms with Crippen LogP contribution >= 0.6 is 0 Å². The van der Waals surface area contributed by atoms with E-state index in [1.807, 2.05) is 48.5 Å². The molecule has 28 heavy (non-hydrogen) atoms. The molecule has 0 aliphatic carbocycles. The molecule has 0 unspecified atom stereocenters. The summed E-state index contributed by atoms with van der Waals surface area (Å²) in [5, 5.41) is 4.01. The van der Waals surface area contributed by atoms with Gasteiger partial charge in [-0.1, -0.05) is 30.2 Å². The molecular weight excluding hydrogens is 352 g/mol. The Kier molecular flexibility index (Phi) is 6.48. The number of para-hydroxylation sites is 1. The molecular formula is C23H22N2O3. The second-order valence-corrected chi connectivity index (χ2v) is 6.29. The fourth-order valence-corrected chi connectivity index (χ4v) is 2.87. The average Bonchev–Trinajstić information content (AvgIpc) is 2.74. The second-order valence-electron chi connectivity index (χ2n) is 6.29. The molecule has 5 nitrogen and oxygen atoms in total. The van der Waals surface area contributed by atoms with E-state index in [0.717, 1.165) is 22.0 Å². The molecule has 2 aromatic carbocycles. The highest BCUT2D eigenvalue weighted by Gasteiger charge is 2.08. The fraction of sp³-hybridized carbons (Fsp3) is 0.217. The maximum Gasteiger partial charge on any atom is 0.220 e. The summed E-state index contributed by atoms with van der Waals surface area (Å²) in [4.78, 5) is 16.6. The van der Waals surface area contributed by atoms with Gasteiger partial charge in [-0.05, 0) is 41.8 Å². The van der Waals surface area contributed by atoms with Crippen LogP contribution in [0.1, 0.15) is 17.5 Å². The van der Waals surface area contributed by atoms with Crippen molar-refractivity contribution < 1.29 is 14.3 Å². The zero-order valence-corrected chi connectivity index (χ0v) is 15.8. The smallest absolute Gasteiger partial charge is 0.220 e. The van der Waals surface area contributed by atoms with Gasteiger partial charge in [0.05, 0.1) is 12.6 Å². The van der Waals surface area contributed by atoms with Crippen molar-refractivity contribution >= 4 is 16.8 Å². The Bertz CT molecular complexity index is 1010. The van der Waals surface area contributed by atoms with Gasteiger partial charge in [0.15, 0.2) is 11.5 Å². The Hall–Kier alpha value is -3.52. The van der Waals surface area contributed by atoms with Crippen molar-refractivity contribution in [1.82, 2.24) is 10.3 Å². The van der Waals surface area contributed by atoms with Crippen LogP contribution < -0.4 is 14.8 Å². The number of nitrogens with one attached hydrogen (secondary N) is 1. The maximum absolute atomic E-state index is 12.2. The Balaban J connectivity index is 1.52. The minimum absolute atomic E-state index is 0.0141. The summed E-state index contributed by atoms with van der Waals surface area (Å²) in [5.74, 6) is 3.61. The summed E-state index contributed by atoms with van der Waals surface area (Å²) in [6, 6.07) is 15.5. The minimum Gasteiger partial charge on any atom is -0.493 e. The van der Waals surface area contributed by atoms with Crippen LogP contribution in [0.2, 0.25) is 0 Å². The first-order valence-corrected chi connectivity index (χ1v) is 9.03. The molecule has 0 aliphatic rings. The normalized spacial score (nSPS) is 10.3. The van der Waals surface area contributed by atoms with Crippen molar-refractivity contribution in [2.75, 3.05) is 13.7 Å². The average molecular weight is 374 g/mol. The van der Waals surface area contributed by atoms with Crippen LogP contribution in [-0.4, -0.2) is 24.6 Å². The summed E-state index contributed by atoms with van der Waals surface area (Å²) >= 11 is 0. The van der Waals surface area contributed by atoms with Crippen molar-refractivity contribution in [3.05, 3.63) is 65.9 Å². The molecule has 0 atom stereocenters. The Morgan fingerprint density at radius 1 is 1.14 bits per heavy atom. The van der Waals surface area contributed by atoms with E-state index in [9.17, 15) is 4.79 Å². The fourth-order valence-electron chi connectivity index (χ4n) is 2.87. The highest BCUT2D eigenvalue weighted by molar-refractivity contribution is 5.79. The van der Waals surface area contributed by atoms with Gasteiger partial charge in [0.2, 0.25) is 5.91 Å². The molecule has 0 aliphatic heterocycles. The first kappa shape index (κ1) is 19.2. The largest absolute Gasteiger partial charge is 0.493 e. The van der Waals surface area contributed by atoms with E-state index in [1.165, 1.54) is 0 Å². The molecule has 0 saturated heterocycles. The molecule has 0 radical (unpaired) electrons. The number of carbonyl (C=O) groups excluding carboxylic acids is 1. The number of aryl methyl sites for hydroxylation is 1. The van der Waals surface area contributed by atoms with Crippen molar-refractivity contribution in [3.8, 4) is 23.8 Å². The molecule has 5 heteroatoms. The first-order valence-electron chi connectivity index (χ1n) is 9.03. The number of methoxy groups -OCH3 is 1. The molecule has 1 aromatic heterocycles. The van der Waals surface area contributed by atoms with E-state index < -0.39 is 0 Å². The Morgan fingerprint density at radius 3 is 2.82 bits per heavy atom. The van der Waals surface area contributed by atoms with Crippen LogP contribution in [0.3, 0.4) is 0 Å². The van der Waals surface area contributed by atoms with Gasteiger partial charge in [-0.25, -0.2) is 0 Å². The molecule has 3 rings (SSSR count). The number of aromatic nitrogens is 1. The third kappa shape index (κ3) is 5.01. The van der Waals surface area contributed by atoms with Gasteiger partial charge in [-0.2, -0.15) is 0 Å². The van der Waals surface area contributed by atoms with E-state index in [-0.39, 0.29) is 12.5 Å². The number of carbonyl (C=O) groups is 1. The number of ether oxygens (including phenoxy) is 2. The lowest BCUT2D eigenvalue weighted by Gasteiger charge is -2.11. The summed E-state index contributed by atoms with van der Waals surface area (Å²) < 4.78 is 10.8. The molecule has 3 aromatic rings. The van der Waals surface area contributed by atoms with E-state index in [0.29, 0.717) is 30.9 Å². The summed E-state index contributed by atoms with van der Waals surface area (Å²) in [6.07, 6.45) is 7.99. The molecule has 1 amide bonds. The van der Waals surface area contributed by atoms with Gasteiger partial charge in [0, 0.05) is 24.5 Å². The molecule has 1 N–H and O–H groups in total. The predicted molar refractivity (Wildman–Crippen MR) is 109 cm³/mol. The lowest BCUT2D eigenvalue weighted by atomic mass is 10.1. The number of hydrogen-bond acceptors (Lipinski definition) is 4. The standard InChI is InChI=1S/C23H22N2O3/c1-3-12-28-21-10-8-17(14-22(21)27-2)9-11-23(26)25-16-18-13-19-6-4-5-7-20(19)24-15-18/h1,4-8,10,13-15H,9,11-12,16H2,2H3,(H,25,26). The molecule has 0 spiro atoms. The van der Waals surface area contributed by atoms with Crippen molar-refractivity contribution in [1.29, 1.82) is 0 Å². The highest BCUT2D eigenvalue weighted by atomic mass is 16.5. The van der Waals surface area contributed by atoms with E-state index in [2.05, 4.69) is 16.2 Å². The number of terminal acetylenes is 1. The lowest BCUT2D eigenvalue weighted by Crippen LogP contribution is -2.23. The van der Waals surface area contributed by atoms with Crippen molar-refractivity contribution in [2.24, 2.45) is 0 Å². The van der Waals surface area contributed by atoms with Crippen LogP contribution in [0.25, 0.3) is 10.9 Å². The van der Waals surface area contributed by atoms with Crippen LogP contribution in [0.5, 0.6) is 11.5 Å². The van der Waals surface area contributed by atoms with Gasteiger partial charge >= 0.3 is 0 Å². The maximum atomic E-state index is 12.2. The highest BCUT2D eigenvalue weighted by Crippen LogP contribution is 2.28. The quantitative estimate of drug-likeness (QED) is 0.613. The van der Waals surface area contributed by atoms with Crippen molar-refractivity contribution in [2.45, 2.75) is 19.4 Å². The SMILES string of the molecule is C#CCOc1ccc(CCC(=O)NCc2cnc3ccccc3c2)cc1OC. The first-order chi connectivity index (χ1) is 13.7. The number of pyridine rings is 1. The number of benzene rings is 2. The summed E-state index contributed by atoms with van der Waals surface area (Å²) in [6.45, 7) is 0.639. The monoisotopic (exact) mass is 374 g/mol. The van der Waals surface area contributed by atoms with Crippen LogP contribution in [0.15, 0.2) is 54.7 Å². The molecule has 1 heterocycles. The van der Waals surface area contributed by atoms with Gasteiger partial charge in [0.25, 0.3) is 0 Å². The van der Waals surface area contributed by atoms with Crippen molar-refractivity contribution in [3.63, 3.8) is 0 Å². The topological polar surface area (TPSA) is 60.5 Å². The molecule has 142 valence electrons. The predicted octanol–water partition coefficient (Wildman–Crippen LogP) is 3.50. The second kappa shape index (κ2) is 9.43. The zero-order valence-electron chi connectivity index (χ0n) is 15.8. The summed E-state index contributed by atoms with van der Waals surface area (Å²) in [7, 11) is 1.58. The zero-order chi connectivity index (χ0) is 19.8. The number of nitrogens with zero attached hydrogens (tertiary/aromatic N) is 1. The minimum atomic E-state index is -0.0141. The van der Waals surface area contributed by atoms with Crippen LogP contribution in [-0.2, 0) is 17.8 Å². The molecule has 0 fully saturated rings. The van der Waals surface area contributed by atoms with E-state index in [1.54, 1.807) is 13.3 Å². The van der Waals surface area contributed by atoms with Gasteiger partial charge in [-0.3, -0.25) is 9.78 Å². The molecule has 0 bridgehead atoms. The van der Waals surface area contributed by atoms with E-state index in [4.69, 9.17) is 15.9 Å².